The van der Waals surface area contributed by atoms with E-state index >= 15 is 0 Å². The Morgan fingerprint density at radius 2 is 2.30 bits per heavy atom. The normalized spacial score (nSPS) is 25.3. The first kappa shape index (κ1) is 19.0. The van der Waals surface area contributed by atoms with Gasteiger partial charge in [0.05, 0.1) is 6.54 Å². The highest BCUT2D eigenvalue weighted by Crippen LogP contribution is 2.28. The van der Waals surface area contributed by atoms with Gasteiger partial charge < -0.3 is 10.6 Å². The Kier molecular flexibility index (Phi) is 7.16. The number of hydrogen-bond donors (Lipinski definition) is 2. The van der Waals surface area contributed by atoms with Crippen molar-refractivity contribution in [3.63, 3.8) is 0 Å². The van der Waals surface area contributed by atoms with Gasteiger partial charge in [-0.2, -0.15) is 0 Å². The summed E-state index contributed by atoms with van der Waals surface area (Å²) in [6.45, 7) is 10.7. The number of halogens is 1. The van der Waals surface area contributed by atoms with Crippen LogP contribution in [-0.4, -0.2) is 42.6 Å². The molecule has 23 heavy (non-hydrogen) atoms. The molecule has 0 saturated heterocycles. The molecule has 0 radical (unpaired) electrons. The molecule has 4 nitrogen and oxygen atoms in total. The summed E-state index contributed by atoms with van der Waals surface area (Å²) in [5, 5.41) is 9.12. The number of nitrogens with zero attached hydrogens (tertiary/aromatic N) is 2. The summed E-state index contributed by atoms with van der Waals surface area (Å²) in [6.07, 6.45) is 2.46. The summed E-state index contributed by atoms with van der Waals surface area (Å²) >= 11 is 1.90. The maximum Gasteiger partial charge on any atom is 0.191 e. The van der Waals surface area contributed by atoms with Crippen LogP contribution < -0.4 is 10.6 Å². The Hall–Kier alpha value is -0.340. The molecule has 130 valence electrons. The maximum absolute atomic E-state index is 4.80. The molecule has 6 heteroatoms. The zero-order chi connectivity index (χ0) is 15.5. The summed E-state index contributed by atoms with van der Waals surface area (Å²) in [7, 11) is 0. The van der Waals surface area contributed by atoms with Gasteiger partial charge in [0.25, 0.3) is 0 Å². The smallest absolute Gasteiger partial charge is 0.191 e. The molecule has 2 heterocycles. The fraction of sp³-hybridized carbons (Fsp3) is 0.706. The van der Waals surface area contributed by atoms with E-state index in [9.17, 15) is 0 Å². The predicted octanol–water partition coefficient (Wildman–Crippen LogP) is 3.08. The lowest BCUT2D eigenvalue weighted by atomic mass is 10.1. The van der Waals surface area contributed by atoms with Crippen molar-refractivity contribution in [2.75, 3.05) is 19.6 Å². The monoisotopic (exact) mass is 448 g/mol. The fourth-order valence-electron chi connectivity index (χ4n) is 3.00. The van der Waals surface area contributed by atoms with Gasteiger partial charge in [-0.1, -0.05) is 6.92 Å². The van der Waals surface area contributed by atoms with Crippen LogP contribution in [0, 0.1) is 5.92 Å². The van der Waals surface area contributed by atoms with Crippen molar-refractivity contribution in [2.45, 2.75) is 52.2 Å². The highest BCUT2D eigenvalue weighted by molar-refractivity contribution is 14.0. The van der Waals surface area contributed by atoms with E-state index in [0.717, 1.165) is 38.1 Å². The van der Waals surface area contributed by atoms with E-state index in [4.69, 9.17) is 4.99 Å². The molecule has 1 aromatic heterocycles. The summed E-state index contributed by atoms with van der Waals surface area (Å²) in [5.41, 5.74) is 1.52. The van der Waals surface area contributed by atoms with Crippen LogP contribution in [-0.2, 0) is 13.0 Å². The molecule has 2 N–H and O–H groups in total. The van der Waals surface area contributed by atoms with E-state index in [0.29, 0.717) is 12.1 Å². The van der Waals surface area contributed by atoms with Gasteiger partial charge in [0.2, 0.25) is 0 Å². The number of hydrogen-bond acceptors (Lipinski definition) is 3. The summed E-state index contributed by atoms with van der Waals surface area (Å²) < 4.78 is 0. The second-order valence-corrected chi connectivity index (χ2v) is 7.62. The molecule has 0 bridgehead atoms. The van der Waals surface area contributed by atoms with Crippen LogP contribution in [0.2, 0.25) is 0 Å². The van der Waals surface area contributed by atoms with Crippen LogP contribution in [0.3, 0.4) is 0 Å². The van der Waals surface area contributed by atoms with Gasteiger partial charge in [-0.05, 0) is 49.6 Å². The maximum atomic E-state index is 4.80. The van der Waals surface area contributed by atoms with E-state index in [1.165, 1.54) is 18.4 Å². The highest BCUT2D eigenvalue weighted by Gasteiger charge is 2.33. The van der Waals surface area contributed by atoms with Crippen molar-refractivity contribution in [3.05, 3.63) is 21.9 Å². The Labute approximate surface area is 161 Å². The molecular formula is C17H29IN4S. The first-order chi connectivity index (χ1) is 10.7. The molecule has 1 fully saturated rings. The van der Waals surface area contributed by atoms with E-state index in [1.807, 2.05) is 11.3 Å². The van der Waals surface area contributed by atoms with Crippen LogP contribution >= 0.6 is 35.3 Å². The van der Waals surface area contributed by atoms with Crippen LogP contribution in [0.1, 0.15) is 37.6 Å². The summed E-state index contributed by atoms with van der Waals surface area (Å²) in [6, 6.07) is 3.39. The molecular weight excluding hydrogens is 419 g/mol. The molecule has 2 aliphatic rings. The van der Waals surface area contributed by atoms with E-state index in [2.05, 4.69) is 47.8 Å². The topological polar surface area (TPSA) is 39.7 Å². The van der Waals surface area contributed by atoms with Crippen molar-refractivity contribution in [1.29, 1.82) is 0 Å². The number of nitrogens with one attached hydrogen (secondary N) is 2. The van der Waals surface area contributed by atoms with Gasteiger partial charge in [0.15, 0.2) is 5.96 Å². The second-order valence-electron chi connectivity index (χ2n) is 6.62. The average molecular weight is 448 g/mol. The summed E-state index contributed by atoms with van der Waals surface area (Å²) in [4.78, 5) is 8.93. The van der Waals surface area contributed by atoms with Gasteiger partial charge in [-0.15, -0.1) is 35.3 Å². The molecule has 0 amide bonds. The first-order valence-corrected chi connectivity index (χ1v) is 9.39. The fourth-order valence-corrected chi connectivity index (χ4v) is 3.89. The molecule has 1 aromatic rings. The number of guanidine groups is 1. The van der Waals surface area contributed by atoms with Gasteiger partial charge in [-0.3, -0.25) is 9.89 Å². The standard InChI is InChI=1S/C17H28N4S.HI/c1-4-18-17(20-15-9-12(15)2)19-10-13(3)21-7-5-16-14(11-21)6-8-22-16;/h6,8,12-13,15H,4-5,7,9-11H2,1-3H3,(H2,18,19,20);1H. The van der Waals surface area contributed by atoms with E-state index in [-0.39, 0.29) is 24.0 Å². The Morgan fingerprint density at radius 1 is 1.52 bits per heavy atom. The Bertz CT molecular complexity index is 530. The molecule has 0 aromatic carbocycles. The van der Waals surface area contributed by atoms with Gasteiger partial charge in [-0.25, -0.2) is 0 Å². The van der Waals surface area contributed by atoms with Crippen molar-refractivity contribution >= 4 is 41.3 Å². The molecule has 3 unspecified atom stereocenters. The SMILES string of the molecule is CCNC(=NCC(C)N1CCc2sccc2C1)NC1CC1C.I. The Balaban J connectivity index is 0.00000192. The molecule has 3 atom stereocenters. The Morgan fingerprint density at radius 3 is 3.00 bits per heavy atom. The van der Waals surface area contributed by atoms with Crippen molar-refractivity contribution in [3.8, 4) is 0 Å². The molecule has 1 saturated carbocycles. The van der Waals surface area contributed by atoms with Crippen LogP contribution in [0.15, 0.2) is 16.4 Å². The number of thiophene rings is 1. The van der Waals surface area contributed by atoms with Crippen LogP contribution in [0.25, 0.3) is 0 Å². The number of fused-ring (bicyclic) bond motifs is 1. The van der Waals surface area contributed by atoms with Crippen molar-refractivity contribution < 1.29 is 0 Å². The quantitative estimate of drug-likeness (QED) is 0.413. The van der Waals surface area contributed by atoms with Crippen LogP contribution in [0.4, 0.5) is 0 Å². The molecule has 0 spiro atoms. The zero-order valence-corrected chi connectivity index (χ0v) is 17.5. The van der Waals surface area contributed by atoms with Crippen molar-refractivity contribution in [2.24, 2.45) is 10.9 Å². The summed E-state index contributed by atoms with van der Waals surface area (Å²) in [5.74, 6) is 1.78. The third-order valence-electron chi connectivity index (χ3n) is 4.75. The highest BCUT2D eigenvalue weighted by atomic mass is 127. The van der Waals surface area contributed by atoms with Gasteiger partial charge in [0, 0.05) is 36.6 Å². The second kappa shape index (κ2) is 8.67. The van der Waals surface area contributed by atoms with E-state index in [1.54, 1.807) is 4.88 Å². The minimum atomic E-state index is 0. The first-order valence-electron chi connectivity index (χ1n) is 8.51. The van der Waals surface area contributed by atoms with Crippen molar-refractivity contribution in [1.82, 2.24) is 15.5 Å². The minimum Gasteiger partial charge on any atom is -0.357 e. The van der Waals surface area contributed by atoms with Gasteiger partial charge in [0.1, 0.15) is 0 Å². The largest absolute Gasteiger partial charge is 0.357 e. The molecule has 3 rings (SSSR count). The lowest BCUT2D eigenvalue weighted by Crippen LogP contribution is -2.42. The predicted molar refractivity (Wildman–Crippen MR) is 110 cm³/mol. The van der Waals surface area contributed by atoms with E-state index < -0.39 is 0 Å². The lowest BCUT2D eigenvalue weighted by Gasteiger charge is -2.31. The molecule has 1 aliphatic heterocycles. The van der Waals surface area contributed by atoms with Crippen LogP contribution in [0.5, 0.6) is 0 Å². The third-order valence-corrected chi connectivity index (χ3v) is 5.77. The van der Waals surface area contributed by atoms with Gasteiger partial charge >= 0.3 is 0 Å². The molecule has 1 aliphatic carbocycles. The third kappa shape index (κ3) is 5.06. The average Bonchev–Trinajstić information content (AvgIpc) is 3.02. The zero-order valence-electron chi connectivity index (χ0n) is 14.3. The minimum absolute atomic E-state index is 0. The number of rotatable bonds is 5. The number of aliphatic imine (C=N–C) groups is 1. The lowest BCUT2D eigenvalue weighted by molar-refractivity contribution is 0.197.